The van der Waals surface area contributed by atoms with Crippen molar-refractivity contribution in [3.05, 3.63) is 59.8 Å². The van der Waals surface area contributed by atoms with Crippen molar-refractivity contribution in [3.63, 3.8) is 0 Å². The van der Waals surface area contributed by atoms with Crippen molar-refractivity contribution in [2.45, 2.75) is 56.4 Å². The molecular formula is C29H37FN4O3S. The molecule has 0 spiro atoms. The van der Waals surface area contributed by atoms with Gasteiger partial charge in [0.05, 0.1) is 36.4 Å². The second-order valence-electron chi connectivity index (χ2n) is 9.73. The summed E-state index contributed by atoms with van der Waals surface area (Å²) in [4.78, 5) is 19.1. The van der Waals surface area contributed by atoms with E-state index < -0.39 is 12.3 Å². The Morgan fingerprint density at radius 2 is 2.11 bits per heavy atom. The van der Waals surface area contributed by atoms with Crippen LogP contribution in [0.1, 0.15) is 43.9 Å². The second kappa shape index (κ2) is 13.4. The first-order valence-electron chi connectivity index (χ1n) is 13.2. The van der Waals surface area contributed by atoms with Crippen LogP contribution in [0.2, 0.25) is 0 Å². The molecule has 204 valence electrons. The molecule has 3 unspecified atom stereocenters. The van der Waals surface area contributed by atoms with Crippen molar-refractivity contribution in [2.24, 2.45) is 0 Å². The average molecular weight is 541 g/mol. The Kier molecular flexibility index (Phi) is 9.96. The van der Waals surface area contributed by atoms with E-state index in [1.807, 2.05) is 47.4 Å². The number of ether oxygens (including phenoxy) is 1. The number of benzene rings is 2. The van der Waals surface area contributed by atoms with E-state index in [0.29, 0.717) is 37.6 Å². The zero-order valence-corrected chi connectivity index (χ0v) is 23.1. The highest BCUT2D eigenvalue weighted by atomic mass is 32.2. The number of carbonyl (C=O) groups is 1. The number of aliphatic hydroxyl groups excluding tert-OH is 1. The minimum absolute atomic E-state index is 0.00453. The number of piperidine rings is 1. The summed E-state index contributed by atoms with van der Waals surface area (Å²) in [5, 5.41) is 18.1. The van der Waals surface area contributed by atoms with Crippen LogP contribution in [0.5, 0.6) is 5.75 Å². The van der Waals surface area contributed by atoms with E-state index in [9.17, 15) is 9.90 Å². The molecule has 3 aromatic rings. The number of halogens is 1. The minimum Gasteiger partial charge on any atom is -0.495 e. The van der Waals surface area contributed by atoms with Crippen molar-refractivity contribution >= 4 is 34.3 Å². The topological polar surface area (TPSA) is 86.7 Å². The largest absolute Gasteiger partial charge is 0.495 e. The number of nitrogens with zero attached hydrogens (tertiary/aromatic N) is 2. The van der Waals surface area contributed by atoms with E-state index in [-0.39, 0.29) is 18.5 Å². The lowest BCUT2D eigenvalue weighted by Crippen LogP contribution is -2.51. The summed E-state index contributed by atoms with van der Waals surface area (Å²) >= 11 is 1.53. The molecule has 2 aliphatic heterocycles. The van der Waals surface area contributed by atoms with E-state index in [1.54, 1.807) is 13.3 Å². The first-order chi connectivity index (χ1) is 18.4. The number of β-amino-alcohol motifs (C(OH)–C–C–N with tert-alkyl or cyclic N) is 1. The number of likely N-dealkylation sites (tertiary alicyclic amines) is 1. The smallest absolute Gasteiger partial charge is 0.234 e. The number of rotatable bonds is 7. The number of nitrogens with one attached hydrogen (secondary N) is 2. The maximum absolute atomic E-state index is 15.1. The number of hydrogen-bond acceptors (Lipinski definition) is 7. The zero-order chi connectivity index (χ0) is 27.1. The molecule has 7 nitrogen and oxygen atoms in total. The molecule has 9 heteroatoms. The zero-order valence-electron chi connectivity index (χ0n) is 22.2. The van der Waals surface area contributed by atoms with Gasteiger partial charge in [-0.1, -0.05) is 38.5 Å². The molecule has 3 N–H and O–H groups in total. The molecule has 0 bridgehead atoms. The Morgan fingerprint density at radius 1 is 1.29 bits per heavy atom. The van der Waals surface area contributed by atoms with Gasteiger partial charge >= 0.3 is 0 Å². The predicted octanol–water partition coefficient (Wildman–Crippen LogP) is 4.94. The van der Waals surface area contributed by atoms with Gasteiger partial charge in [-0.2, -0.15) is 0 Å². The summed E-state index contributed by atoms with van der Waals surface area (Å²) in [6.07, 6.45) is 1.76. The van der Waals surface area contributed by atoms with Gasteiger partial charge in [-0.15, -0.1) is 11.8 Å². The van der Waals surface area contributed by atoms with Crippen LogP contribution in [0, 0.1) is 0 Å². The van der Waals surface area contributed by atoms with Gasteiger partial charge in [0.1, 0.15) is 11.9 Å². The first kappa shape index (κ1) is 28.3. The van der Waals surface area contributed by atoms with E-state index in [4.69, 9.17) is 4.74 Å². The third-order valence-corrected chi connectivity index (χ3v) is 7.70. The standard InChI is InChI=1S/C26H29FN4O3S.C3H8/c1-34-17-10-19-18(3-2-4-21(19)29-12-17)24(32)14-31-8-7-22(20(27)13-31)28-11-16-5-6-25-23(9-16)30-26(33)15-35-25;1-3-2/h2-6,9-10,12,20,22,24,28,32H,7-8,11,13-15H2,1H3,(H,30,33);3H2,1-2H3. The third-order valence-electron chi connectivity index (χ3n) is 6.63. The number of aliphatic hydroxyl groups is 1. The van der Waals surface area contributed by atoms with E-state index in [2.05, 4.69) is 29.5 Å². The number of amides is 1. The third kappa shape index (κ3) is 7.02. The molecule has 0 aliphatic carbocycles. The van der Waals surface area contributed by atoms with Crippen LogP contribution in [0.25, 0.3) is 10.9 Å². The Balaban J connectivity index is 0.00000107. The highest BCUT2D eigenvalue weighted by molar-refractivity contribution is 8.00. The lowest BCUT2D eigenvalue weighted by Gasteiger charge is -2.36. The molecule has 5 rings (SSSR count). The predicted molar refractivity (Wildman–Crippen MR) is 152 cm³/mol. The van der Waals surface area contributed by atoms with Gasteiger partial charge in [-0.05, 0) is 48.4 Å². The molecule has 1 amide bonds. The molecule has 1 fully saturated rings. The van der Waals surface area contributed by atoms with E-state index in [0.717, 1.165) is 32.6 Å². The monoisotopic (exact) mass is 540 g/mol. The molecule has 1 aromatic heterocycles. The fourth-order valence-corrected chi connectivity index (χ4v) is 5.54. The number of thioether (sulfide) groups is 1. The number of fused-ring (bicyclic) bond motifs is 2. The Hall–Kier alpha value is -2.72. The SMILES string of the molecule is CCC.COc1cnc2cccc(C(O)CN3CCC(NCc4ccc5c(c4)NC(=O)CS5)C(F)C3)c2c1. The van der Waals surface area contributed by atoms with Crippen molar-refractivity contribution in [1.29, 1.82) is 0 Å². The number of hydrogen-bond donors (Lipinski definition) is 3. The van der Waals surface area contributed by atoms with Crippen LogP contribution in [-0.2, 0) is 11.3 Å². The summed E-state index contributed by atoms with van der Waals surface area (Å²) in [6, 6.07) is 13.3. The summed E-state index contributed by atoms with van der Waals surface area (Å²) in [5.41, 5.74) is 3.39. The molecule has 3 atom stereocenters. The normalized spacial score (nSPS) is 20.2. The van der Waals surface area contributed by atoms with Crippen LogP contribution in [0.15, 0.2) is 53.6 Å². The van der Waals surface area contributed by atoms with E-state index >= 15 is 4.39 Å². The number of pyridine rings is 1. The van der Waals surface area contributed by atoms with Gasteiger partial charge in [0.2, 0.25) is 5.91 Å². The summed E-state index contributed by atoms with van der Waals surface area (Å²) in [7, 11) is 1.59. The van der Waals surface area contributed by atoms with E-state index in [1.165, 1.54) is 18.2 Å². The highest BCUT2D eigenvalue weighted by Gasteiger charge is 2.30. The maximum Gasteiger partial charge on any atom is 0.234 e. The average Bonchev–Trinajstić information content (AvgIpc) is 2.92. The summed E-state index contributed by atoms with van der Waals surface area (Å²) in [6.45, 7) is 6.09. The number of methoxy groups -OCH3 is 1. The fourth-order valence-electron chi connectivity index (χ4n) is 4.75. The molecule has 0 saturated carbocycles. The van der Waals surface area contributed by atoms with Crippen LogP contribution in [0.4, 0.5) is 10.1 Å². The minimum atomic E-state index is -1.04. The molecule has 2 aliphatic rings. The Morgan fingerprint density at radius 3 is 2.87 bits per heavy atom. The maximum atomic E-state index is 15.1. The number of aromatic nitrogens is 1. The van der Waals surface area contributed by atoms with Crippen LogP contribution < -0.4 is 15.4 Å². The Labute approximate surface area is 228 Å². The molecule has 3 heterocycles. The molecular weight excluding hydrogens is 503 g/mol. The van der Waals surface area contributed by atoms with Gasteiger partial charge < -0.3 is 20.5 Å². The van der Waals surface area contributed by atoms with Crippen molar-refractivity contribution in [1.82, 2.24) is 15.2 Å². The molecule has 38 heavy (non-hydrogen) atoms. The van der Waals surface area contributed by atoms with Crippen molar-refractivity contribution in [2.75, 3.05) is 37.8 Å². The van der Waals surface area contributed by atoms with Crippen LogP contribution in [0.3, 0.4) is 0 Å². The summed E-state index contributed by atoms with van der Waals surface area (Å²) < 4.78 is 20.3. The highest BCUT2D eigenvalue weighted by Crippen LogP contribution is 2.32. The Bertz CT molecular complexity index is 1240. The number of anilines is 1. The lowest BCUT2D eigenvalue weighted by atomic mass is 9.99. The molecule has 2 aromatic carbocycles. The first-order valence-corrected chi connectivity index (χ1v) is 14.2. The van der Waals surface area contributed by atoms with Crippen molar-refractivity contribution < 1.29 is 19.0 Å². The van der Waals surface area contributed by atoms with Gasteiger partial charge in [0.25, 0.3) is 0 Å². The second-order valence-corrected chi connectivity index (χ2v) is 10.7. The molecule has 0 radical (unpaired) electrons. The van der Waals surface area contributed by atoms with Gasteiger partial charge in [0, 0.05) is 36.0 Å². The quantitative estimate of drug-likeness (QED) is 0.391. The lowest BCUT2D eigenvalue weighted by molar-refractivity contribution is -0.113. The van der Waals surface area contributed by atoms with Gasteiger partial charge in [-0.3, -0.25) is 14.7 Å². The summed E-state index contributed by atoms with van der Waals surface area (Å²) in [5.74, 6) is 1.07. The van der Waals surface area contributed by atoms with Crippen molar-refractivity contribution in [3.8, 4) is 5.75 Å². The number of carbonyl (C=O) groups excluding carboxylic acids is 1. The molecule has 1 saturated heterocycles. The van der Waals surface area contributed by atoms with Gasteiger partial charge in [-0.25, -0.2) is 4.39 Å². The van der Waals surface area contributed by atoms with Gasteiger partial charge in [0.15, 0.2) is 0 Å². The fraction of sp³-hybridized carbons (Fsp3) is 0.448. The van der Waals surface area contributed by atoms with Crippen LogP contribution in [-0.4, -0.2) is 65.6 Å². The number of alkyl halides is 1. The van der Waals surface area contributed by atoms with Crippen LogP contribution >= 0.6 is 11.8 Å².